The first-order chi connectivity index (χ1) is 7.84. The van der Waals surface area contributed by atoms with Crippen LogP contribution in [0.15, 0.2) is 30.3 Å². The van der Waals surface area contributed by atoms with Gasteiger partial charge in [0.25, 0.3) is 0 Å². The minimum atomic E-state index is -0.0180. The number of carbonyl (C=O) groups is 1. The van der Waals surface area contributed by atoms with Gasteiger partial charge in [0.2, 0.25) is 0 Å². The largest absolute Gasteiger partial charge is 0.462 e. The summed E-state index contributed by atoms with van der Waals surface area (Å²) in [6.07, 6.45) is 5.82. The normalized spacial score (nSPS) is 21.2. The summed E-state index contributed by atoms with van der Waals surface area (Å²) in [6.45, 7) is 0. The Hall–Kier alpha value is -1.31. The molecular formula is C14H18O2. The number of benzene rings is 1. The van der Waals surface area contributed by atoms with E-state index in [9.17, 15) is 4.79 Å². The highest BCUT2D eigenvalue weighted by Crippen LogP contribution is 2.18. The van der Waals surface area contributed by atoms with E-state index < -0.39 is 0 Å². The van der Waals surface area contributed by atoms with E-state index in [2.05, 4.69) is 24.3 Å². The van der Waals surface area contributed by atoms with Crippen LogP contribution in [0.25, 0.3) is 0 Å². The average Bonchev–Trinajstić information content (AvgIpc) is 2.52. The second-order valence-corrected chi connectivity index (χ2v) is 4.38. The van der Waals surface area contributed by atoms with E-state index in [0.717, 1.165) is 32.1 Å². The van der Waals surface area contributed by atoms with Crippen LogP contribution in [0.2, 0.25) is 0 Å². The van der Waals surface area contributed by atoms with Crippen LogP contribution in [0.3, 0.4) is 0 Å². The molecule has 0 spiro atoms. The maximum absolute atomic E-state index is 11.3. The van der Waals surface area contributed by atoms with Crippen molar-refractivity contribution in [3.05, 3.63) is 35.9 Å². The fourth-order valence-corrected chi connectivity index (χ4v) is 2.12. The van der Waals surface area contributed by atoms with Crippen LogP contribution in [0.4, 0.5) is 0 Å². The van der Waals surface area contributed by atoms with Crippen LogP contribution < -0.4 is 0 Å². The molecule has 1 aromatic carbocycles. The van der Waals surface area contributed by atoms with Crippen LogP contribution in [-0.2, 0) is 16.0 Å². The number of carbonyl (C=O) groups excluding carboxylic acids is 1. The molecule has 1 heterocycles. The standard InChI is InChI=1S/C14H18O2/c15-14-9-5-4-8-13(16-14)11-10-12-6-2-1-3-7-12/h1-3,6-7,13H,4-5,8-11H2. The van der Waals surface area contributed by atoms with E-state index in [1.54, 1.807) is 0 Å². The molecule has 1 unspecified atom stereocenters. The lowest BCUT2D eigenvalue weighted by atomic mass is 10.0. The van der Waals surface area contributed by atoms with Crippen molar-refractivity contribution in [2.24, 2.45) is 0 Å². The smallest absolute Gasteiger partial charge is 0.306 e. The first kappa shape index (κ1) is 11.2. The first-order valence-corrected chi connectivity index (χ1v) is 6.08. The molecule has 0 amide bonds. The van der Waals surface area contributed by atoms with Crippen molar-refractivity contribution in [1.82, 2.24) is 0 Å². The van der Waals surface area contributed by atoms with Crippen molar-refractivity contribution in [1.29, 1.82) is 0 Å². The third-order valence-corrected chi connectivity index (χ3v) is 3.05. The van der Waals surface area contributed by atoms with Crippen molar-refractivity contribution in [3.63, 3.8) is 0 Å². The van der Waals surface area contributed by atoms with Gasteiger partial charge in [-0.25, -0.2) is 0 Å². The maximum atomic E-state index is 11.3. The molecule has 1 aromatic rings. The number of hydrogen-bond acceptors (Lipinski definition) is 2. The van der Waals surface area contributed by atoms with E-state index in [1.165, 1.54) is 5.56 Å². The van der Waals surface area contributed by atoms with Gasteiger partial charge in [0.15, 0.2) is 0 Å². The fraction of sp³-hybridized carbons (Fsp3) is 0.500. The number of hydrogen-bond donors (Lipinski definition) is 0. The number of cyclic esters (lactones) is 1. The summed E-state index contributed by atoms with van der Waals surface area (Å²) in [5.74, 6) is -0.0180. The van der Waals surface area contributed by atoms with E-state index in [1.807, 2.05) is 6.07 Å². The summed E-state index contributed by atoms with van der Waals surface area (Å²) in [6, 6.07) is 10.4. The maximum Gasteiger partial charge on any atom is 0.306 e. The highest BCUT2D eigenvalue weighted by atomic mass is 16.5. The van der Waals surface area contributed by atoms with Crippen LogP contribution in [-0.4, -0.2) is 12.1 Å². The molecule has 0 aromatic heterocycles. The van der Waals surface area contributed by atoms with Crippen molar-refractivity contribution >= 4 is 5.97 Å². The molecule has 0 bridgehead atoms. The van der Waals surface area contributed by atoms with Gasteiger partial charge in [-0.2, -0.15) is 0 Å². The lowest BCUT2D eigenvalue weighted by molar-refractivity contribution is -0.148. The third kappa shape index (κ3) is 3.37. The Morgan fingerprint density at radius 2 is 2.00 bits per heavy atom. The Bertz CT molecular complexity index is 332. The van der Waals surface area contributed by atoms with Gasteiger partial charge in [0.1, 0.15) is 6.10 Å². The summed E-state index contributed by atoms with van der Waals surface area (Å²) < 4.78 is 5.39. The molecule has 0 N–H and O–H groups in total. The molecule has 1 aliphatic rings. The zero-order valence-corrected chi connectivity index (χ0v) is 9.52. The van der Waals surface area contributed by atoms with Crippen molar-refractivity contribution in [2.75, 3.05) is 0 Å². The van der Waals surface area contributed by atoms with Gasteiger partial charge in [0.05, 0.1) is 0 Å². The fourth-order valence-electron chi connectivity index (χ4n) is 2.12. The van der Waals surface area contributed by atoms with Crippen LogP contribution in [0.5, 0.6) is 0 Å². The van der Waals surface area contributed by atoms with Gasteiger partial charge < -0.3 is 4.74 Å². The second-order valence-electron chi connectivity index (χ2n) is 4.38. The monoisotopic (exact) mass is 218 g/mol. The van der Waals surface area contributed by atoms with Gasteiger partial charge in [-0.05, 0) is 37.7 Å². The van der Waals surface area contributed by atoms with Crippen LogP contribution >= 0.6 is 0 Å². The summed E-state index contributed by atoms with van der Waals surface area (Å²) in [5.41, 5.74) is 1.32. The Morgan fingerprint density at radius 3 is 2.81 bits per heavy atom. The van der Waals surface area contributed by atoms with E-state index in [4.69, 9.17) is 4.74 Å². The predicted octanol–water partition coefficient (Wildman–Crippen LogP) is 3.11. The lowest BCUT2D eigenvalue weighted by Gasteiger charge is -2.14. The molecule has 1 fully saturated rings. The average molecular weight is 218 g/mol. The van der Waals surface area contributed by atoms with E-state index in [-0.39, 0.29) is 12.1 Å². The SMILES string of the molecule is O=C1CCCCC(CCc2ccccc2)O1. The van der Waals surface area contributed by atoms with Gasteiger partial charge in [-0.15, -0.1) is 0 Å². The molecule has 0 radical (unpaired) electrons. The lowest BCUT2D eigenvalue weighted by Crippen LogP contribution is -2.16. The van der Waals surface area contributed by atoms with Crippen molar-refractivity contribution < 1.29 is 9.53 Å². The van der Waals surface area contributed by atoms with E-state index >= 15 is 0 Å². The Labute approximate surface area is 96.6 Å². The minimum absolute atomic E-state index is 0.0180. The molecule has 1 atom stereocenters. The Morgan fingerprint density at radius 1 is 1.19 bits per heavy atom. The summed E-state index contributed by atoms with van der Waals surface area (Å²) >= 11 is 0. The van der Waals surface area contributed by atoms with Crippen molar-refractivity contribution in [2.45, 2.75) is 44.6 Å². The predicted molar refractivity (Wildman–Crippen MR) is 63.1 cm³/mol. The van der Waals surface area contributed by atoms with Gasteiger partial charge in [0, 0.05) is 6.42 Å². The van der Waals surface area contributed by atoms with E-state index in [0.29, 0.717) is 6.42 Å². The zero-order valence-electron chi connectivity index (χ0n) is 9.52. The van der Waals surface area contributed by atoms with Crippen LogP contribution in [0.1, 0.15) is 37.7 Å². The number of aryl methyl sites for hydroxylation is 1. The molecule has 0 saturated carbocycles. The van der Waals surface area contributed by atoms with Crippen LogP contribution in [0, 0.1) is 0 Å². The van der Waals surface area contributed by atoms with Gasteiger partial charge in [-0.3, -0.25) is 4.79 Å². The van der Waals surface area contributed by atoms with Crippen molar-refractivity contribution in [3.8, 4) is 0 Å². The minimum Gasteiger partial charge on any atom is -0.462 e. The quantitative estimate of drug-likeness (QED) is 0.729. The molecule has 86 valence electrons. The molecular weight excluding hydrogens is 200 g/mol. The number of esters is 1. The van der Waals surface area contributed by atoms with Gasteiger partial charge >= 0.3 is 5.97 Å². The topological polar surface area (TPSA) is 26.3 Å². The molecule has 0 aliphatic carbocycles. The molecule has 2 nitrogen and oxygen atoms in total. The molecule has 1 aliphatic heterocycles. The summed E-state index contributed by atoms with van der Waals surface area (Å²) in [7, 11) is 0. The molecule has 2 heteroatoms. The highest BCUT2D eigenvalue weighted by molar-refractivity contribution is 5.69. The summed E-state index contributed by atoms with van der Waals surface area (Å²) in [5, 5.41) is 0. The summed E-state index contributed by atoms with van der Waals surface area (Å²) in [4.78, 5) is 11.3. The third-order valence-electron chi connectivity index (χ3n) is 3.05. The molecule has 16 heavy (non-hydrogen) atoms. The second kappa shape index (κ2) is 5.69. The number of rotatable bonds is 3. The Kier molecular flexibility index (Phi) is 3.97. The molecule has 2 rings (SSSR count). The Balaban J connectivity index is 1.83. The zero-order chi connectivity index (χ0) is 11.2. The highest BCUT2D eigenvalue weighted by Gasteiger charge is 2.17. The first-order valence-electron chi connectivity index (χ1n) is 6.08. The van der Waals surface area contributed by atoms with Gasteiger partial charge in [-0.1, -0.05) is 30.3 Å². The molecule has 1 saturated heterocycles. The number of ether oxygens (including phenoxy) is 1.